The van der Waals surface area contributed by atoms with Crippen molar-refractivity contribution < 1.29 is 14.3 Å². The molecule has 21 heavy (non-hydrogen) atoms. The lowest BCUT2D eigenvalue weighted by molar-refractivity contribution is -0.125. The third kappa shape index (κ3) is 2.37. The maximum atomic E-state index is 12.5. The molecule has 0 bridgehead atoms. The number of hydrogen-bond acceptors (Lipinski definition) is 3. The Morgan fingerprint density at radius 1 is 1.10 bits per heavy atom. The minimum Gasteiger partial charge on any atom is -0.346 e. The lowest BCUT2D eigenvalue weighted by Gasteiger charge is -2.41. The SMILES string of the molecule is CC1(C)CC(=O)C(C)(C)c2cc(C3OCCO3)c(Br)cc21. The number of Topliss-reactive ketones (excluding diaryl/α,β-unsaturated/α-hetero) is 1. The van der Waals surface area contributed by atoms with E-state index in [4.69, 9.17) is 9.47 Å². The van der Waals surface area contributed by atoms with Gasteiger partial charge in [-0.1, -0.05) is 29.8 Å². The summed E-state index contributed by atoms with van der Waals surface area (Å²) in [7, 11) is 0. The summed E-state index contributed by atoms with van der Waals surface area (Å²) in [6.07, 6.45) is 0.246. The summed E-state index contributed by atoms with van der Waals surface area (Å²) in [5.41, 5.74) is 2.71. The molecule has 1 heterocycles. The lowest BCUT2D eigenvalue weighted by atomic mass is 9.62. The number of halogens is 1. The van der Waals surface area contributed by atoms with Crippen LogP contribution >= 0.6 is 15.9 Å². The van der Waals surface area contributed by atoms with E-state index < -0.39 is 5.41 Å². The first-order valence-electron chi connectivity index (χ1n) is 7.34. The highest BCUT2D eigenvalue weighted by molar-refractivity contribution is 9.10. The molecule has 0 unspecified atom stereocenters. The molecule has 114 valence electrons. The number of ketones is 1. The number of fused-ring (bicyclic) bond motifs is 1. The second-order valence-electron chi connectivity index (χ2n) is 7.10. The molecule has 4 heteroatoms. The van der Waals surface area contributed by atoms with E-state index >= 15 is 0 Å². The van der Waals surface area contributed by atoms with Gasteiger partial charge in [0.15, 0.2) is 6.29 Å². The molecule has 0 atom stereocenters. The molecule has 0 saturated carbocycles. The fraction of sp³-hybridized carbons (Fsp3) is 0.588. The van der Waals surface area contributed by atoms with Gasteiger partial charge in [-0.3, -0.25) is 4.79 Å². The molecule has 0 N–H and O–H groups in total. The van der Waals surface area contributed by atoms with E-state index in [1.165, 1.54) is 5.56 Å². The summed E-state index contributed by atoms with van der Waals surface area (Å²) >= 11 is 3.64. The van der Waals surface area contributed by atoms with E-state index in [1.807, 2.05) is 13.8 Å². The summed E-state index contributed by atoms with van der Waals surface area (Å²) in [5.74, 6) is 0.293. The number of benzene rings is 1. The molecule has 1 aromatic rings. The van der Waals surface area contributed by atoms with Gasteiger partial charge in [-0.25, -0.2) is 0 Å². The van der Waals surface area contributed by atoms with E-state index in [-0.39, 0.29) is 11.7 Å². The largest absolute Gasteiger partial charge is 0.346 e. The highest BCUT2D eigenvalue weighted by Crippen LogP contribution is 2.46. The number of hydrogen-bond donors (Lipinski definition) is 0. The third-order valence-electron chi connectivity index (χ3n) is 4.71. The van der Waals surface area contributed by atoms with Crippen LogP contribution in [0.25, 0.3) is 0 Å². The van der Waals surface area contributed by atoms with E-state index in [0.29, 0.717) is 25.4 Å². The van der Waals surface area contributed by atoms with Crippen molar-refractivity contribution in [3.63, 3.8) is 0 Å². The third-order valence-corrected chi connectivity index (χ3v) is 5.40. The fourth-order valence-corrected chi connectivity index (χ4v) is 3.78. The Morgan fingerprint density at radius 3 is 2.33 bits per heavy atom. The van der Waals surface area contributed by atoms with Crippen LogP contribution in [-0.4, -0.2) is 19.0 Å². The fourth-order valence-electron chi connectivity index (χ4n) is 3.25. The summed E-state index contributed by atoms with van der Waals surface area (Å²) in [6, 6.07) is 4.23. The van der Waals surface area contributed by atoms with Crippen molar-refractivity contribution in [1.29, 1.82) is 0 Å². The minimum absolute atomic E-state index is 0.139. The zero-order valence-corrected chi connectivity index (χ0v) is 14.5. The van der Waals surface area contributed by atoms with E-state index in [0.717, 1.165) is 15.6 Å². The zero-order chi connectivity index (χ0) is 15.4. The van der Waals surface area contributed by atoms with E-state index in [9.17, 15) is 4.79 Å². The normalized spacial score (nSPS) is 24.1. The van der Waals surface area contributed by atoms with Crippen molar-refractivity contribution in [3.8, 4) is 0 Å². The molecule has 3 rings (SSSR count). The predicted octanol–water partition coefficient (Wildman–Crippen LogP) is 4.02. The van der Waals surface area contributed by atoms with Crippen molar-refractivity contribution in [1.82, 2.24) is 0 Å². The van der Waals surface area contributed by atoms with Gasteiger partial charge in [-0.2, -0.15) is 0 Å². The van der Waals surface area contributed by atoms with Crippen molar-refractivity contribution in [2.24, 2.45) is 0 Å². The van der Waals surface area contributed by atoms with E-state index in [1.54, 1.807) is 0 Å². The predicted molar refractivity (Wildman–Crippen MR) is 84.5 cm³/mol. The monoisotopic (exact) mass is 352 g/mol. The second kappa shape index (κ2) is 4.90. The smallest absolute Gasteiger partial charge is 0.185 e. The van der Waals surface area contributed by atoms with Gasteiger partial charge >= 0.3 is 0 Å². The standard InChI is InChI=1S/C17H21BrO3/c1-16(2)9-14(19)17(3,4)12-7-10(13(18)8-11(12)16)15-20-5-6-21-15/h7-8,15H,5-6,9H2,1-4H3. The topological polar surface area (TPSA) is 35.5 Å². The molecule has 0 radical (unpaired) electrons. The van der Waals surface area contributed by atoms with E-state index in [2.05, 4.69) is 41.9 Å². The van der Waals surface area contributed by atoms with Crippen molar-refractivity contribution in [3.05, 3.63) is 33.3 Å². The highest BCUT2D eigenvalue weighted by Gasteiger charge is 2.44. The van der Waals surface area contributed by atoms with Crippen LogP contribution in [0.15, 0.2) is 16.6 Å². The maximum absolute atomic E-state index is 12.5. The maximum Gasteiger partial charge on any atom is 0.185 e. The Labute approximate surface area is 134 Å². The summed E-state index contributed by atoms with van der Waals surface area (Å²) in [4.78, 5) is 12.5. The number of carbonyl (C=O) groups is 1. The molecule has 1 aromatic carbocycles. The summed E-state index contributed by atoms with van der Waals surface area (Å²) in [6.45, 7) is 9.51. The van der Waals surface area contributed by atoms with Gasteiger partial charge in [0.2, 0.25) is 0 Å². The Bertz CT molecular complexity index is 598. The Balaban J connectivity index is 2.19. The molecular weight excluding hydrogens is 332 g/mol. The average Bonchev–Trinajstić information content (AvgIpc) is 2.89. The molecule has 0 aromatic heterocycles. The first-order chi connectivity index (χ1) is 9.73. The van der Waals surface area contributed by atoms with Crippen LogP contribution in [0.3, 0.4) is 0 Å². The molecule has 1 aliphatic carbocycles. The molecule has 3 nitrogen and oxygen atoms in total. The van der Waals surface area contributed by atoms with Crippen LogP contribution in [0.5, 0.6) is 0 Å². The molecule has 0 spiro atoms. The van der Waals surface area contributed by atoms with Crippen molar-refractivity contribution >= 4 is 21.7 Å². The first-order valence-corrected chi connectivity index (χ1v) is 8.14. The Hall–Kier alpha value is -0.710. The van der Waals surface area contributed by atoms with Crippen LogP contribution in [0.2, 0.25) is 0 Å². The number of ether oxygens (including phenoxy) is 2. The van der Waals surface area contributed by atoms with Gasteiger partial charge in [0.05, 0.1) is 13.2 Å². The molecule has 1 aliphatic heterocycles. The summed E-state index contributed by atoms with van der Waals surface area (Å²) < 4.78 is 12.2. The van der Waals surface area contributed by atoms with Gasteiger partial charge in [0.25, 0.3) is 0 Å². The van der Waals surface area contributed by atoms with Crippen molar-refractivity contribution in [2.75, 3.05) is 13.2 Å². The first kappa shape index (κ1) is 15.2. The number of rotatable bonds is 1. The Kier molecular flexibility index (Phi) is 3.55. The molecular formula is C17H21BrO3. The average molecular weight is 353 g/mol. The summed E-state index contributed by atoms with van der Waals surface area (Å²) in [5, 5.41) is 0. The van der Waals surface area contributed by atoms with Crippen LogP contribution in [0, 0.1) is 0 Å². The van der Waals surface area contributed by atoms with Crippen LogP contribution in [0.4, 0.5) is 0 Å². The molecule has 2 aliphatic rings. The molecule has 0 amide bonds. The minimum atomic E-state index is -0.459. The zero-order valence-electron chi connectivity index (χ0n) is 13.0. The van der Waals surface area contributed by atoms with Gasteiger partial charge in [-0.15, -0.1) is 0 Å². The second-order valence-corrected chi connectivity index (χ2v) is 7.96. The van der Waals surface area contributed by atoms with Gasteiger partial charge in [0, 0.05) is 21.9 Å². The van der Waals surface area contributed by atoms with Gasteiger partial charge in [-0.05, 0) is 42.5 Å². The van der Waals surface area contributed by atoms with Gasteiger partial charge in [0.1, 0.15) is 5.78 Å². The van der Waals surface area contributed by atoms with Crippen LogP contribution in [0.1, 0.15) is 57.1 Å². The lowest BCUT2D eigenvalue weighted by Crippen LogP contribution is -2.42. The van der Waals surface area contributed by atoms with Crippen LogP contribution in [-0.2, 0) is 25.1 Å². The molecule has 1 fully saturated rings. The Morgan fingerprint density at radius 2 is 1.71 bits per heavy atom. The highest BCUT2D eigenvalue weighted by atomic mass is 79.9. The van der Waals surface area contributed by atoms with Crippen LogP contribution < -0.4 is 0 Å². The van der Waals surface area contributed by atoms with Gasteiger partial charge < -0.3 is 9.47 Å². The quantitative estimate of drug-likeness (QED) is 0.765. The van der Waals surface area contributed by atoms with Crippen molar-refractivity contribution in [2.45, 2.75) is 51.2 Å². The number of carbonyl (C=O) groups excluding carboxylic acids is 1. The molecule has 1 saturated heterocycles.